The van der Waals surface area contributed by atoms with Gasteiger partial charge >= 0.3 is 5.97 Å². The Bertz CT molecular complexity index is 488. The monoisotopic (exact) mass is 309 g/mol. The fourth-order valence-electron chi connectivity index (χ4n) is 1.98. The van der Waals surface area contributed by atoms with Gasteiger partial charge < -0.3 is 10.4 Å². The maximum Gasteiger partial charge on any atom is 0.308 e. The Hall–Kier alpha value is -1.49. The first-order chi connectivity index (χ1) is 9.95. The molecule has 1 amide bonds. The van der Waals surface area contributed by atoms with Crippen LogP contribution in [0.3, 0.4) is 0 Å². The molecular formula is C16H23NO3S. The molecule has 0 aliphatic carbocycles. The molecule has 2 N–H and O–H groups in total. The highest BCUT2D eigenvalue weighted by Crippen LogP contribution is 2.26. The van der Waals surface area contributed by atoms with Crippen LogP contribution in [0.1, 0.15) is 44.0 Å². The first-order valence-corrected chi connectivity index (χ1v) is 8.10. The molecule has 1 aromatic rings. The van der Waals surface area contributed by atoms with Crippen LogP contribution in [-0.2, 0) is 4.79 Å². The van der Waals surface area contributed by atoms with Crippen molar-refractivity contribution < 1.29 is 14.7 Å². The minimum Gasteiger partial charge on any atom is -0.481 e. The van der Waals surface area contributed by atoms with Crippen molar-refractivity contribution in [2.24, 2.45) is 5.92 Å². The van der Waals surface area contributed by atoms with Gasteiger partial charge in [0.05, 0.1) is 11.5 Å². The van der Waals surface area contributed by atoms with Crippen LogP contribution in [0.25, 0.3) is 0 Å². The summed E-state index contributed by atoms with van der Waals surface area (Å²) in [5.74, 6) is -1.59. The molecule has 0 spiro atoms. The smallest absolute Gasteiger partial charge is 0.308 e. The maximum atomic E-state index is 12.3. The van der Waals surface area contributed by atoms with Gasteiger partial charge in [-0.2, -0.15) is 0 Å². The normalized spacial score (nSPS) is 12.2. The molecule has 1 aromatic carbocycles. The van der Waals surface area contributed by atoms with Crippen LogP contribution < -0.4 is 5.32 Å². The van der Waals surface area contributed by atoms with E-state index < -0.39 is 11.9 Å². The van der Waals surface area contributed by atoms with Crippen molar-refractivity contribution in [1.82, 2.24) is 5.32 Å². The van der Waals surface area contributed by atoms with Crippen LogP contribution in [0, 0.1) is 5.92 Å². The number of carbonyl (C=O) groups excluding carboxylic acids is 1. The van der Waals surface area contributed by atoms with Crippen LogP contribution in [0.4, 0.5) is 0 Å². The molecule has 0 aliphatic heterocycles. The summed E-state index contributed by atoms with van der Waals surface area (Å²) in [6.45, 7) is 6.25. The number of carbonyl (C=O) groups is 2. The molecule has 21 heavy (non-hydrogen) atoms. The van der Waals surface area contributed by atoms with E-state index in [0.717, 1.165) is 11.3 Å². The highest BCUT2D eigenvalue weighted by atomic mass is 32.2. The molecule has 116 valence electrons. The first-order valence-electron chi connectivity index (χ1n) is 7.22. The van der Waals surface area contributed by atoms with Crippen LogP contribution in [0.2, 0.25) is 0 Å². The van der Waals surface area contributed by atoms with Gasteiger partial charge in [-0.05, 0) is 18.6 Å². The lowest BCUT2D eigenvalue weighted by atomic mass is 10.0. The van der Waals surface area contributed by atoms with Gasteiger partial charge in [-0.1, -0.05) is 39.3 Å². The SMILES string of the molecule is CCCC(CNC(=O)c1ccccc1SC(C)C)C(=O)O. The summed E-state index contributed by atoms with van der Waals surface area (Å²) in [6, 6.07) is 7.41. The number of benzene rings is 1. The molecule has 0 heterocycles. The van der Waals surface area contributed by atoms with Crippen LogP contribution in [0.5, 0.6) is 0 Å². The van der Waals surface area contributed by atoms with Gasteiger partial charge in [0.25, 0.3) is 5.91 Å². The third-order valence-corrected chi connectivity index (χ3v) is 4.07. The summed E-state index contributed by atoms with van der Waals surface area (Å²) < 4.78 is 0. The molecule has 0 saturated heterocycles. The molecule has 4 nitrogen and oxygen atoms in total. The molecule has 0 fully saturated rings. The van der Waals surface area contributed by atoms with Crippen molar-refractivity contribution in [3.05, 3.63) is 29.8 Å². The maximum absolute atomic E-state index is 12.3. The van der Waals surface area contributed by atoms with E-state index in [0.29, 0.717) is 17.2 Å². The second-order valence-electron chi connectivity index (χ2n) is 5.20. The van der Waals surface area contributed by atoms with Crippen molar-refractivity contribution >= 4 is 23.6 Å². The predicted molar refractivity (Wildman–Crippen MR) is 85.8 cm³/mol. The number of carboxylic acid groups (broad SMARTS) is 1. The van der Waals surface area contributed by atoms with Crippen LogP contribution in [-0.4, -0.2) is 28.8 Å². The summed E-state index contributed by atoms with van der Waals surface area (Å²) in [7, 11) is 0. The molecule has 1 rings (SSSR count). The number of rotatable bonds is 8. The van der Waals surface area contributed by atoms with Crippen LogP contribution >= 0.6 is 11.8 Å². The highest BCUT2D eigenvalue weighted by molar-refractivity contribution is 8.00. The molecule has 0 radical (unpaired) electrons. The quantitative estimate of drug-likeness (QED) is 0.722. The van der Waals surface area contributed by atoms with Crippen molar-refractivity contribution in [2.45, 2.75) is 43.8 Å². The van der Waals surface area contributed by atoms with E-state index in [4.69, 9.17) is 5.11 Å². The summed E-state index contributed by atoms with van der Waals surface area (Å²) >= 11 is 1.63. The summed E-state index contributed by atoms with van der Waals surface area (Å²) in [5.41, 5.74) is 0.608. The van der Waals surface area contributed by atoms with Crippen LogP contribution in [0.15, 0.2) is 29.2 Å². The molecule has 0 bridgehead atoms. The zero-order valence-corrected chi connectivity index (χ0v) is 13.6. The topological polar surface area (TPSA) is 66.4 Å². The number of amides is 1. The molecule has 5 heteroatoms. The van der Waals surface area contributed by atoms with Gasteiger partial charge in [0.2, 0.25) is 0 Å². The first kappa shape index (κ1) is 17.6. The number of hydrogen-bond acceptors (Lipinski definition) is 3. The zero-order chi connectivity index (χ0) is 15.8. The standard InChI is InChI=1S/C16H23NO3S/c1-4-7-12(16(19)20)10-17-15(18)13-8-5-6-9-14(13)21-11(2)3/h5-6,8-9,11-12H,4,7,10H2,1-3H3,(H,17,18)(H,19,20). The van der Waals surface area contributed by atoms with Gasteiger partial charge in [0.1, 0.15) is 0 Å². The second-order valence-corrected chi connectivity index (χ2v) is 6.81. The van der Waals surface area contributed by atoms with Gasteiger partial charge in [-0.3, -0.25) is 9.59 Å². The fourth-order valence-corrected chi connectivity index (χ4v) is 2.94. The Morgan fingerprint density at radius 1 is 1.29 bits per heavy atom. The third kappa shape index (κ3) is 5.79. The molecule has 1 unspecified atom stereocenters. The Labute approximate surface area is 130 Å². The van der Waals surface area contributed by atoms with Gasteiger partial charge in [0, 0.05) is 16.7 Å². The third-order valence-electron chi connectivity index (χ3n) is 2.99. The Kier molecular flexibility index (Phi) is 7.29. The number of thioether (sulfide) groups is 1. The van der Waals surface area contributed by atoms with Crippen molar-refractivity contribution in [1.29, 1.82) is 0 Å². The molecule has 1 atom stereocenters. The van der Waals surface area contributed by atoms with Gasteiger partial charge in [0.15, 0.2) is 0 Å². The lowest BCUT2D eigenvalue weighted by molar-refractivity contribution is -0.141. The zero-order valence-electron chi connectivity index (χ0n) is 12.8. The van der Waals surface area contributed by atoms with E-state index in [1.54, 1.807) is 17.8 Å². The Balaban J connectivity index is 2.73. The summed E-state index contributed by atoms with van der Waals surface area (Å²) in [5, 5.41) is 12.2. The lowest BCUT2D eigenvalue weighted by Gasteiger charge is -2.14. The van der Waals surface area contributed by atoms with Crippen molar-refractivity contribution in [2.75, 3.05) is 6.54 Å². The average Bonchev–Trinajstić information content (AvgIpc) is 2.42. The average molecular weight is 309 g/mol. The Morgan fingerprint density at radius 3 is 2.52 bits per heavy atom. The lowest BCUT2D eigenvalue weighted by Crippen LogP contribution is -2.33. The minimum absolute atomic E-state index is 0.169. The van der Waals surface area contributed by atoms with Crippen molar-refractivity contribution in [3.8, 4) is 0 Å². The largest absolute Gasteiger partial charge is 0.481 e. The minimum atomic E-state index is -0.859. The highest BCUT2D eigenvalue weighted by Gasteiger charge is 2.19. The van der Waals surface area contributed by atoms with E-state index in [2.05, 4.69) is 19.2 Å². The van der Waals surface area contributed by atoms with E-state index in [1.807, 2.05) is 25.1 Å². The molecule has 0 aromatic heterocycles. The summed E-state index contributed by atoms with van der Waals surface area (Å²) in [6.07, 6.45) is 1.35. The molecule has 0 aliphatic rings. The Morgan fingerprint density at radius 2 is 1.95 bits per heavy atom. The second kappa shape index (κ2) is 8.72. The molecule has 0 saturated carbocycles. The van der Waals surface area contributed by atoms with Crippen molar-refractivity contribution in [3.63, 3.8) is 0 Å². The number of carboxylic acids is 1. The summed E-state index contributed by atoms with van der Waals surface area (Å²) in [4.78, 5) is 24.3. The van der Waals surface area contributed by atoms with Gasteiger partial charge in [-0.15, -0.1) is 11.8 Å². The van der Waals surface area contributed by atoms with E-state index in [9.17, 15) is 9.59 Å². The van der Waals surface area contributed by atoms with E-state index >= 15 is 0 Å². The number of hydrogen-bond donors (Lipinski definition) is 2. The van der Waals surface area contributed by atoms with E-state index in [1.165, 1.54) is 0 Å². The number of nitrogens with one attached hydrogen (secondary N) is 1. The predicted octanol–water partition coefficient (Wildman–Crippen LogP) is 3.42. The number of aliphatic carboxylic acids is 1. The molecular weight excluding hydrogens is 286 g/mol. The van der Waals surface area contributed by atoms with E-state index in [-0.39, 0.29) is 12.5 Å². The van der Waals surface area contributed by atoms with Gasteiger partial charge in [-0.25, -0.2) is 0 Å². The fraction of sp³-hybridized carbons (Fsp3) is 0.500.